The van der Waals surface area contributed by atoms with E-state index in [1.807, 2.05) is 0 Å². The molecule has 2 bridgehead atoms. The summed E-state index contributed by atoms with van der Waals surface area (Å²) in [6.45, 7) is 0. The number of phosphoric ester groups is 1. The number of hydrogen-bond donors (Lipinski definition) is 1. The van der Waals surface area contributed by atoms with E-state index >= 15 is 0 Å². The zero-order chi connectivity index (χ0) is 8.34. The van der Waals surface area contributed by atoms with Crippen LogP contribution in [0, 0.1) is 0 Å². The van der Waals surface area contributed by atoms with Gasteiger partial charge in [0.2, 0.25) is 11.5 Å². The fourth-order valence-electron chi connectivity index (χ4n) is 1.11. The van der Waals surface area contributed by atoms with E-state index in [-0.39, 0.29) is 17.2 Å². The Morgan fingerprint density at radius 2 is 2.00 bits per heavy atom. The lowest BCUT2D eigenvalue weighted by Gasteiger charge is -2.06. The van der Waals surface area contributed by atoms with Crippen molar-refractivity contribution in [2.45, 2.75) is 0 Å². The molecular weight excluding hydrogens is 185 g/mol. The molecule has 0 radical (unpaired) electrons. The first-order chi connectivity index (χ1) is 5.68. The van der Waals surface area contributed by atoms with Gasteiger partial charge in [0.15, 0.2) is 5.75 Å². The van der Waals surface area contributed by atoms with Crippen molar-refractivity contribution in [3.8, 4) is 17.2 Å². The predicted octanol–water partition coefficient (Wildman–Crippen LogP) is 0.647. The highest BCUT2D eigenvalue weighted by atomic mass is 31.2. The Labute approximate surface area is 65.7 Å². The summed E-state index contributed by atoms with van der Waals surface area (Å²) < 4.78 is 25.4. The van der Waals surface area contributed by atoms with Crippen LogP contribution in [-0.2, 0) is 4.57 Å². The van der Waals surface area contributed by atoms with Crippen molar-refractivity contribution in [1.82, 2.24) is 4.98 Å². The standard InChI is InChI=1S/C5H2NO5P/c7-5-4-3-2(1-6-5)9-12(8,10-3)11-4/h1H,(H,6,7). The van der Waals surface area contributed by atoms with Gasteiger partial charge in [0.05, 0.1) is 6.20 Å². The van der Waals surface area contributed by atoms with Gasteiger partial charge in [-0.2, -0.15) is 4.57 Å². The molecule has 1 atom stereocenters. The largest absolute Gasteiger partial charge is 0.647 e. The molecule has 0 fully saturated rings. The van der Waals surface area contributed by atoms with E-state index in [1.54, 1.807) is 0 Å². The molecule has 7 heteroatoms. The molecule has 0 spiro atoms. The van der Waals surface area contributed by atoms with Crippen molar-refractivity contribution in [3.63, 3.8) is 0 Å². The molecular formula is C5H2NO5P. The molecule has 0 saturated heterocycles. The second-order valence-electron chi connectivity index (χ2n) is 2.36. The number of H-pyrrole nitrogens is 1. The van der Waals surface area contributed by atoms with Gasteiger partial charge in [-0.25, -0.2) is 0 Å². The van der Waals surface area contributed by atoms with Crippen LogP contribution < -0.4 is 19.1 Å². The number of hydrogen-bond acceptors (Lipinski definition) is 5. The minimum Gasteiger partial charge on any atom is -0.380 e. The second-order valence-corrected chi connectivity index (χ2v) is 3.80. The number of nitrogens with one attached hydrogen (secondary N) is 1. The Morgan fingerprint density at radius 3 is 2.67 bits per heavy atom. The lowest BCUT2D eigenvalue weighted by molar-refractivity contribution is 0.351. The van der Waals surface area contributed by atoms with Gasteiger partial charge < -0.3 is 18.6 Å². The van der Waals surface area contributed by atoms with Gasteiger partial charge in [-0.05, 0) is 0 Å². The highest BCUT2D eigenvalue weighted by Crippen LogP contribution is 2.66. The number of phosphoric acid groups is 1. The topological polar surface area (TPSA) is 77.6 Å². The molecule has 0 aliphatic carbocycles. The lowest BCUT2D eigenvalue weighted by Crippen LogP contribution is -2.10. The van der Waals surface area contributed by atoms with Crippen LogP contribution in [0.25, 0.3) is 0 Å². The normalized spacial score (nSPS) is 27.7. The molecule has 1 N–H and O–H groups in total. The Morgan fingerprint density at radius 1 is 1.25 bits per heavy atom. The van der Waals surface area contributed by atoms with E-state index in [0.29, 0.717) is 0 Å². The fourth-order valence-corrected chi connectivity index (χ4v) is 2.39. The molecule has 2 aliphatic rings. The lowest BCUT2D eigenvalue weighted by atomic mass is 10.4. The minimum atomic E-state index is -3.49. The van der Waals surface area contributed by atoms with Crippen molar-refractivity contribution in [2.75, 3.05) is 0 Å². The van der Waals surface area contributed by atoms with Crippen molar-refractivity contribution < 1.29 is 18.1 Å². The Balaban J connectivity index is 2.47. The summed E-state index contributed by atoms with van der Waals surface area (Å²) >= 11 is 0. The molecule has 2 aliphatic heterocycles. The molecule has 1 aromatic rings. The fraction of sp³-hybridized carbons (Fsp3) is 0. The maximum absolute atomic E-state index is 11.3. The summed E-state index contributed by atoms with van der Waals surface area (Å²) in [5.74, 6) is 0.350. The van der Waals surface area contributed by atoms with E-state index in [2.05, 4.69) is 9.51 Å². The summed E-state index contributed by atoms with van der Waals surface area (Å²) in [5, 5.41) is 0. The van der Waals surface area contributed by atoms with Gasteiger partial charge in [0.25, 0.3) is 5.56 Å². The van der Waals surface area contributed by atoms with Gasteiger partial charge >= 0.3 is 7.82 Å². The van der Waals surface area contributed by atoms with E-state index in [0.717, 1.165) is 0 Å². The molecule has 62 valence electrons. The minimum absolute atomic E-state index is 0.0536. The smallest absolute Gasteiger partial charge is 0.380 e. The maximum atomic E-state index is 11.3. The van der Waals surface area contributed by atoms with Crippen molar-refractivity contribution in [3.05, 3.63) is 16.6 Å². The van der Waals surface area contributed by atoms with Gasteiger partial charge in [-0.15, -0.1) is 0 Å². The highest BCUT2D eigenvalue weighted by Gasteiger charge is 2.51. The zero-order valence-corrected chi connectivity index (χ0v) is 6.46. The average molecular weight is 187 g/mol. The van der Waals surface area contributed by atoms with E-state index < -0.39 is 13.4 Å². The quantitative estimate of drug-likeness (QED) is 0.603. The summed E-state index contributed by atoms with van der Waals surface area (Å²) in [6, 6.07) is 0. The van der Waals surface area contributed by atoms with Crippen LogP contribution in [0.3, 0.4) is 0 Å². The van der Waals surface area contributed by atoms with Gasteiger partial charge in [-0.3, -0.25) is 4.79 Å². The number of pyridine rings is 1. The number of aromatic nitrogens is 1. The van der Waals surface area contributed by atoms with Gasteiger partial charge in [-0.1, -0.05) is 0 Å². The summed E-state index contributed by atoms with van der Waals surface area (Å²) in [7, 11) is -3.49. The van der Waals surface area contributed by atoms with Crippen LogP contribution in [0.1, 0.15) is 0 Å². The molecule has 0 saturated carbocycles. The maximum Gasteiger partial charge on any atom is 0.647 e. The second kappa shape index (κ2) is 1.51. The Kier molecular flexibility index (Phi) is 0.774. The van der Waals surface area contributed by atoms with Crippen LogP contribution in [0.5, 0.6) is 17.2 Å². The molecule has 1 unspecified atom stereocenters. The number of fused-ring (bicyclic) bond motifs is 1. The van der Waals surface area contributed by atoms with E-state index in [1.165, 1.54) is 6.20 Å². The van der Waals surface area contributed by atoms with Crippen molar-refractivity contribution >= 4 is 7.82 Å². The molecule has 0 amide bonds. The summed E-state index contributed by atoms with van der Waals surface area (Å²) in [6.07, 6.45) is 1.29. The van der Waals surface area contributed by atoms with Gasteiger partial charge in [0.1, 0.15) is 0 Å². The monoisotopic (exact) mass is 187 g/mol. The Hall–Kier alpha value is -1.42. The summed E-state index contributed by atoms with van der Waals surface area (Å²) in [4.78, 5) is 13.3. The molecule has 0 aromatic carbocycles. The van der Waals surface area contributed by atoms with E-state index in [4.69, 9.17) is 9.05 Å². The van der Waals surface area contributed by atoms with Crippen molar-refractivity contribution in [1.29, 1.82) is 0 Å². The first-order valence-electron chi connectivity index (χ1n) is 3.12. The molecule has 3 heterocycles. The zero-order valence-electron chi connectivity index (χ0n) is 5.57. The molecule has 6 nitrogen and oxygen atoms in total. The first-order valence-corrected chi connectivity index (χ1v) is 4.58. The highest BCUT2D eigenvalue weighted by molar-refractivity contribution is 7.50. The van der Waals surface area contributed by atoms with Crippen molar-refractivity contribution in [2.24, 2.45) is 0 Å². The molecule has 12 heavy (non-hydrogen) atoms. The van der Waals surface area contributed by atoms with Crippen LogP contribution in [0.4, 0.5) is 0 Å². The third kappa shape index (κ3) is 0.527. The third-order valence-corrected chi connectivity index (χ3v) is 2.82. The predicted molar refractivity (Wildman–Crippen MR) is 36.6 cm³/mol. The van der Waals surface area contributed by atoms with Gasteiger partial charge in [0, 0.05) is 0 Å². The Bertz CT molecular complexity index is 477. The van der Waals surface area contributed by atoms with Crippen LogP contribution in [0.15, 0.2) is 11.0 Å². The van der Waals surface area contributed by atoms with Crippen LogP contribution in [-0.4, -0.2) is 4.98 Å². The number of aromatic amines is 1. The number of rotatable bonds is 0. The molecule has 1 aromatic heterocycles. The average Bonchev–Trinajstić information content (AvgIpc) is 2.49. The first kappa shape index (κ1) is 6.14. The summed E-state index contributed by atoms with van der Waals surface area (Å²) in [5.41, 5.74) is -0.463. The molecule has 3 rings (SSSR count). The van der Waals surface area contributed by atoms with Crippen LogP contribution in [0.2, 0.25) is 0 Å². The van der Waals surface area contributed by atoms with Crippen LogP contribution >= 0.6 is 7.82 Å². The van der Waals surface area contributed by atoms with E-state index in [9.17, 15) is 9.36 Å². The third-order valence-electron chi connectivity index (χ3n) is 1.59. The SMILES string of the molecule is O=c1[nH]cc2c3c1OP(=O)(O2)O3.